The maximum Gasteiger partial charge on any atom is 0.261 e. The fraction of sp³-hybridized carbons (Fsp3) is 0.143. The van der Waals surface area contributed by atoms with E-state index in [9.17, 15) is 8.42 Å². The second kappa shape index (κ2) is 6.65. The first-order valence-corrected chi connectivity index (χ1v) is 9.70. The summed E-state index contributed by atoms with van der Waals surface area (Å²) in [6.45, 7) is 0. The Bertz CT molecular complexity index is 685. The second-order valence-electron chi connectivity index (χ2n) is 4.12. The predicted octanol–water partition coefficient (Wildman–Crippen LogP) is 4.10. The average molecular weight is 372 g/mol. The highest BCUT2D eigenvalue weighted by atomic mass is 79.9. The third-order valence-electron chi connectivity index (χ3n) is 2.71. The van der Waals surface area contributed by atoms with Gasteiger partial charge in [0.15, 0.2) is 0 Å². The van der Waals surface area contributed by atoms with Crippen LogP contribution in [-0.4, -0.2) is 14.7 Å². The molecule has 0 aliphatic heterocycles. The lowest BCUT2D eigenvalue weighted by molar-refractivity contribution is 0.601. The van der Waals surface area contributed by atoms with Crippen molar-refractivity contribution >= 4 is 43.4 Å². The van der Waals surface area contributed by atoms with E-state index in [-0.39, 0.29) is 4.90 Å². The topological polar surface area (TPSA) is 46.2 Å². The molecule has 2 rings (SSSR count). The van der Waals surface area contributed by atoms with Crippen molar-refractivity contribution in [3.05, 3.63) is 54.1 Å². The highest BCUT2D eigenvalue weighted by molar-refractivity contribution is 9.08. The molecule has 2 aromatic rings. The summed E-state index contributed by atoms with van der Waals surface area (Å²) in [7, 11) is -3.54. The van der Waals surface area contributed by atoms with Gasteiger partial charge in [0.2, 0.25) is 0 Å². The molecule has 3 nitrogen and oxygen atoms in total. The molecule has 0 saturated carbocycles. The number of benzene rings is 2. The molecule has 0 spiro atoms. The molecular weight excluding hydrogens is 358 g/mol. The van der Waals surface area contributed by atoms with Gasteiger partial charge in [0, 0.05) is 15.9 Å². The third kappa shape index (κ3) is 3.77. The summed E-state index contributed by atoms with van der Waals surface area (Å²) >= 11 is 4.90. The van der Waals surface area contributed by atoms with Crippen LogP contribution in [0.1, 0.15) is 5.56 Å². The van der Waals surface area contributed by atoms with Gasteiger partial charge < -0.3 is 0 Å². The number of hydrogen-bond acceptors (Lipinski definition) is 3. The van der Waals surface area contributed by atoms with Gasteiger partial charge >= 0.3 is 0 Å². The first-order chi connectivity index (χ1) is 9.55. The molecule has 20 heavy (non-hydrogen) atoms. The van der Waals surface area contributed by atoms with Crippen LogP contribution >= 0.6 is 27.7 Å². The number of hydrogen-bond donors (Lipinski definition) is 1. The van der Waals surface area contributed by atoms with E-state index in [2.05, 4.69) is 20.7 Å². The zero-order valence-electron chi connectivity index (χ0n) is 10.8. The Hall–Kier alpha value is -0.980. The molecule has 0 saturated heterocycles. The van der Waals surface area contributed by atoms with Gasteiger partial charge in [-0.3, -0.25) is 4.72 Å². The van der Waals surface area contributed by atoms with Gasteiger partial charge in [-0.2, -0.15) is 0 Å². The number of nitrogens with one attached hydrogen (secondary N) is 1. The van der Waals surface area contributed by atoms with Crippen LogP contribution in [0.4, 0.5) is 5.69 Å². The molecule has 0 amide bonds. The van der Waals surface area contributed by atoms with Crippen LogP contribution < -0.4 is 4.72 Å². The first-order valence-electron chi connectivity index (χ1n) is 5.87. The van der Waals surface area contributed by atoms with E-state index < -0.39 is 10.0 Å². The Morgan fingerprint density at radius 2 is 1.85 bits per heavy atom. The van der Waals surface area contributed by atoms with Crippen LogP contribution in [0.3, 0.4) is 0 Å². The lowest BCUT2D eigenvalue weighted by atomic mass is 10.2. The van der Waals surface area contributed by atoms with Gasteiger partial charge in [-0.15, -0.1) is 11.8 Å². The van der Waals surface area contributed by atoms with Gasteiger partial charge in [-0.25, -0.2) is 8.42 Å². The molecule has 0 heterocycles. The Morgan fingerprint density at radius 3 is 2.45 bits per heavy atom. The van der Waals surface area contributed by atoms with E-state index in [1.165, 1.54) is 0 Å². The van der Waals surface area contributed by atoms with Crippen LogP contribution in [0.25, 0.3) is 0 Å². The molecule has 0 unspecified atom stereocenters. The Labute approximate surface area is 132 Å². The molecule has 0 bridgehead atoms. The largest absolute Gasteiger partial charge is 0.280 e. The molecule has 1 N–H and O–H groups in total. The van der Waals surface area contributed by atoms with Crippen LogP contribution in [0.15, 0.2) is 58.3 Å². The SMILES string of the molecule is CSc1cccc(NS(=O)(=O)c2ccc(CBr)cc2)c1. The van der Waals surface area contributed by atoms with E-state index in [0.717, 1.165) is 10.5 Å². The molecule has 0 atom stereocenters. The molecular formula is C14H14BrNO2S2. The summed E-state index contributed by atoms with van der Waals surface area (Å²) in [4.78, 5) is 1.27. The standard InChI is InChI=1S/C14H14BrNO2S2/c1-19-13-4-2-3-12(9-13)16-20(17,18)14-7-5-11(10-15)6-8-14/h2-9,16H,10H2,1H3. The summed E-state index contributed by atoms with van der Waals surface area (Å²) in [5.41, 5.74) is 1.61. The third-order valence-corrected chi connectivity index (χ3v) is 5.48. The molecule has 0 aromatic heterocycles. The summed E-state index contributed by atoms with van der Waals surface area (Å²) in [5.74, 6) is 0. The van der Waals surface area contributed by atoms with E-state index in [0.29, 0.717) is 11.0 Å². The zero-order chi connectivity index (χ0) is 14.6. The monoisotopic (exact) mass is 371 g/mol. The van der Waals surface area contributed by atoms with E-state index in [1.54, 1.807) is 42.1 Å². The highest BCUT2D eigenvalue weighted by Crippen LogP contribution is 2.22. The maximum atomic E-state index is 12.3. The quantitative estimate of drug-likeness (QED) is 0.635. The zero-order valence-corrected chi connectivity index (χ0v) is 14.1. The Kier molecular flexibility index (Phi) is 5.12. The predicted molar refractivity (Wildman–Crippen MR) is 88.1 cm³/mol. The van der Waals surface area contributed by atoms with Crippen LogP contribution in [0.5, 0.6) is 0 Å². The number of sulfonamides is 1. The second-order valence-corrected chi connectivity index (χ2v) is 7.24. The van der Waals surface area contributed by atoms with Crippen molar-refractivity contribution in [1.29, 1.82) is 0 Å². The average Bonchev–Trinajstić information content (AvgIpc) is 2.47. The number of halogens is 1. The minimum absolute atomic E-state index is 0.261. The fourth-order valence-electron chi connectivity index (χ4n) is 1.66. The van der Waals surface area contributed by atoms with Crippen molar-refractivity contribution in [2.45, 2.75) is 15.1 Å². The minimum Gasteiger partial charge on any atom is -0.280 e. The van der Waals surface area contributed by atoms with Crippen molar-refractivity contribution < 1.29 is 8.42 Å². The van der Waals surface area contributed by atoms with Crippen LogP contribution in [-0.2, 0) is 15.4 Å². The first kappa shape index (κ1) is 15.4. The van der Waals surface area contributed by atoms with Crippen LogP contribution in [0.2, 0.25) is 0 Å². The van der Waals surface area contributed by atoms with Gasteiger partial charge in [-0.1, -0.05) is 34.1 Å². The number of thioether (sulfide) groups is 1. The number of anilines is 1. The van der Waals surface area contributed by atoms with Crippen molar-refractivity contribution in [3.8, 4) is 0 Å². The maximum absolute atomic E-state index is 12.3. The highest BCUT2D eigenvalue weighted by Gasteiger charge is 2.14. The van der Waals surface area contributed by atoms with Crippen molar-refractivity contribution in [2.24, 2.45) is 0 Å². The van der Waals surface area contributed by atoms with Gasteiger partial charge in [0.1, 0.15) is 0 Å². The van der Waals surface area contributed by atoms with Gasteiger partial charge in [0.25, 0.3) is 10.0 Å². The summed E-state index contributed by atoms with van der Waals surface area (Å²) < 4.78 is 27.1. The minimum atomic E-state index is -3.54. The smallest absolute Gasteiger partial charge is 0.261 e. The lowest BCUT2D eigenvalue weighted by Crippen LogP contribution is -2.12. The molecule has 0 fully saturated rings. The van der Waals surface area contributed by atoms with E-state index in [4.69, 9.17) is 0 Å². The van der Waals surface area contributed by atoms with Crippen LogP contribution in [0, 0.1) is 0 Å². The fourth-order valence-corrected chi connectivity index (χ4v) is 3.54. The molecule has 0 aliphatic carbocycles. The summed E-state index contributed by atoms with van der Waals surface area (Å²) in [6, 6.07) is 14.1. The molecule has 0 aliphatic rings. The normalized spacial score (nSPS) is 11.3. The van der Waals surface area contributed by atoms with E-state index in [1.807, 2.05) is 24.5 Å². The summed E-state index contributed by atoms with van der Waals surface area (Å²) in [5, 5.41) is 0.705. The Balaban J connectivity index is 2.25. The molecule has 6 heteroatoms. The molecule has 2 aromatic carbocycles. The van der Waals surface area contributed by atoms with Crippen molar-refractivity contribution in [1.82, 2.24) is 0 Å². The molecule has 0 radical (unpaired) electrons. The van der Waals surface area contributed by atoms with Gasteiger partial charge in [0.05, 0.1) is 4.90 Å². The van der Waals surface area contributed by atoms with Crippen molar-refractivity contribution in [3.63, 3.8) is 0 Å². The van der Waals surface area contributed by atoms with Gasteiger partial charge in [-0.05, 0) is 42.2 Å². The van der Waals surface area contributed by atoms with E-state index >= 15 is 0 Å². The number of rotatable bonds is 5. The molecule has 106 valence electrons. The van der Waals surface area contributed by atoms with Crippen molar-refractivity contribution in [2.75, 3.05) is 11.0 Å². The summed E-state index contributed by atoms with van der Waals surface area (Å²) in [6.07, 6.45) is 1.95. The number of alkyl halides is 1. The lowest BCUT2D eigenvalue weighted by Gasteiger charge is -2.09. The Morgan fingerprint density at radius 1 is 1.15 bits per heavy atom.